The Bertz CT molecular complexity index is 200. The molecule has 3 heteroatoms. The molecule has 1 rings (SSSR count). The topological polar surface area (TPSA) is 29.5 Å². The van der Waals surface area contributed by atoms with E-state index in [1.807, 2.05) is 6.42 Å². The van der Waals surface area contributed by atoms with Crippen molar-refractivity contribution < 1.29 is 30.9 Å². The summed E-state index contributed by atoms with van der Waals surface area (Å²) < 4.78 is 5.06. The molecule has 1 atom stereocenters. The maximum atomic E-state index is 9.08. The second kappa shape index (κ2) is 8.71. The van der Waals surface area contributed by atoms with Crippen LogP contribution in [0.5, 0.6) is 0 Å². The first kappa shape index (κ1) is 20.9. The minimum atomic E-state index is -0.343. The first-order chi connectivity index (χ1) is 7.56. The Morgan fingerprint density at radius 2 is 1.67 bits per heavy atom. The molecular formula is C15H30O2W. The third kappa shape index (κ3) is 10.5. The van der Waals surface area contributed by atoms with Crippen molar-refractivity contribution in [3.8, 4) is 0 Å². The van der Waals surface area contributed by atoms with Crippen LogP contribution in [0.4, 0.5) is 0 Å². The zero-order valence-electron chi connectivity index (χ0n) is 12.8. The molecule has 1 heterocycles. The first-order valence-electron chi connectivity index (χ1n) is 6.47. The van der Waals surface area contributed by atoms with Crippen LogP contribution in [0.15, 0.2) is 0 Å². The van der Waals surface area contributed by atoms with Gasteiger partial charge in [-0.15, -0.1) is 0 Å². The Kier molecular flexibility index (Phi) is 10.1. The molecule has 0 saturated carbocycles. The maximum Gasteiger partial charge on any atom is 2.00 e. The minimum absolute atomic E-state index is 0. The van der Waals surface area contributed by atoms with Gasteiger partial charge in [0.25, 0.3) is 0 Å². The molecule has 0 spiro atoms. The van der Waals surface area contributed by atoms with Crippen LogP contribution in [0, 0.1) is 30.1 Å². The minimum Gasteiger partial charge on any atom is -0.428 e. The predicted molar refractivity (Wildman–Crippen MR) is 73.5 cm³/mol. The van der Waals surface area contributed by atoms with Gasteiger partial charge < -0.3 is 16.8 Å². The second-order valence-electron chi connectivity index (χ2n) is 6.99. The fraction of sp³-hybridized carbons (Fsp3) is 0.867. The van der Waals surface area contributed by atoms with E-state index in [1.165, 1.54) is 0 Å². The van der Waals surface area contributed by atoms with Crippen LogP contribution in [-0.4, -0.2) is 24.4 Å². The number of hydrogen-bond acceptors (Lipinski definition) is 2. The second-order valence-corrected chi connectivity index (χ2v) is 6.99. The third-order valence-corrected chi connectivity index (χ3v) is 2.85. The normalized spacial score (nSPS) is 18.0. The summed E-state index contributed by atoms with van der Waals surface area (Å²) in [7, 11) is 0. The standard InChI is InChI=1S/C8H16O.C7H14O.W/c1-5-7(9)6-8(2,3)4;1-7(2,3)6-4-8-5-6;/h6-7,9H,1,5H2,2-4H3;6H,4-5H2,1-3H3;/q-2;;+2. The van der Waals surface area contributed by atoms with Gasteiger partial charge in [0.2, 0.25) is 0 Å². The van der Waals surface area contributed by atoms with Gasteiger partial charge in [-0.1, -0.05) is 47.6 Å². The Morgan fingerprint density at radius 3 is 1.72 bits per heavy atom. The van der Waals surface area contributed by atoms with E-state index in [0.29, 0.717) is 11.8 Å². The van der Waals surface area contributed by atoms with E-state index in [1.54, 1.807) is 0 Å². The third-order valence-electron chi connectivity index (χ3n) is 2.85. The molecule has 2 nitrogen and oxygen atoms in total. The Morgan fingerprint density at radius 1 is 1.22 bits per heavy atom. The van der Waals surface area contributed by atoms with Gasteiger partial charge in [0, 0.05) is 5.92 Å². The number of aliphatic hydroxyl groups is 1. The van der Waals surface area contributed by atoms with Gasteiger partial charge in [0.05, 0.1) is 13.2 Å². The summed E-state index contributed by atoms with van der Waals surface area (Å²) in [6.45, 7) is 18.5. The molecule has 1 fully saturated rings. The Balaban J connectivity index is 0. The smallest absolute Gasteiger partial charge is 0.428 e. The summed E-state index contributed by atoms with van der Waals surface area (Å²) in [5.74, 6) is 0.808. The molecule has 0 aromatic rings. The van der Waals surface area contributed by atoms with Crippen LogP contribution in [0.1, 0.15) is 48.0 Å². The first-order valence-corrected chi connectivity index (χ1v) is 6.47. The quantitative estimate of drug-likeness (QED) is 0.686. The molecular weight excluding hydrogens is 396 g/mol. The molecule has 1 N–H and O–H groups in total. The monoisotopic (exact) mass is 426 g/mol. The van der Waals surface area contributed by atoms with Crippen LogP contribution in [0.2, 0.25) is 0 Å². The van der Waals surface area contributed by atoms with E-state index in [-0.39, 0.29) is 32.6 Å². The van der Waals surface area contributed by atoms with E-state index < -0.39 is 0 Å². The predicted octanol–water partition coefficient (Wildman–Crippen LogP) is 3.50. The number of ether oxygens (including phenoxy) is 1. The molecule has 18 heavy (non-hydrogen) atoms. The summed E-state index contributed by atoms with van der Waals surface area (Å²) in [4.78, 5) is 0. The molecule has 1 aliphatic heterocycles. The zero-order valence-corrected chi connectivity index (χ0v) is 15.8. The summed E-state index contributed by atoms with van der Waals surface area (Å²) in [5.41, 5.74) is 0.579. The van der Waals surface area contributed by atoms with Crippen LogP contribution in [-0.2, 0) is 25.8 Å². The van der Waals surface area contributed by atoms with Crippen molar-refractivity contribution in [1.82, 2.24) is 0 Å². The van der Waals surface area contributed by atoms with E-state index >= 15 is 0 Å². The number of aliphatic hydroxyl groups excluding tert-OH is 1. The molecule has 0 aromatic carbocycles. The SMILES string of the molecule is CC(C)(C)C1COC1.[CH2-]CC(O)[CH-]C(C)(C)C.[W+2]. The van der Waals surface area contributed by atoms with Crippen molar-refractivity contribution in [3.05, 3.63) is 13.3 Å². The van der Waals surface area contributed by atoms with Crippen molar-refractivity contribution in [1.29, 1.82) is 0 Å². The van der Waals surface area contributed by atoms with Crippen LogP contribution in [0.3, 0.4) is 0 Å². The largest absolute Gasteiger partial charge is 2.00 e. The van der Waals surface area contributed by atoms with Crippen molar-refractivity contribution in [2.75, 3.05) is 13.2 Å². The molecule has 1 aliphatic rings. The molecule has 1 unspecified atom stereocenters. The fourth-order valence-electron chi connectivity index (χ4n) is 1.40. The van der Waals surface area contributed by atoms with E-state index in [4.69, 9.17) is 9.84 Å². The van der Waals surface area contributed by atoms with Crippen molar-refractivity contribution >= 4 is 0 Å². The molecule has 1 saturated heterocycles. The van der Waals surface area contributed by atoms with Gasteiger partial charge >= 0.3 is 21.1 Å². The van der Waals surface area contributed by atoms with Gasteiger partial charge in [-0.2, -0.15) is 11.8 Å². The number of hydrogen-bond donors (Lipinski definition) is 1. The summed E-state index contributed by atoms with van der Waals surface area (Å²) in [5, 5.41) is 9.08. The van der Waals surface area contributed by atoms with Crippen molar-refractivity contribution in [2.45, 2.75) is 54.1 Å². The Labute approximate surface area is 128 Å². The maximum absolute atomic E-state index is 9.08. The van der Waals surface area contributed by atoms with Gasteiger partial charge in [0.15, 0.2) is 0 Å². The molecule has 0 bridgehead atoms. The molecule has 108 valence electrons. The fourth-order valence-corrected chi connectivity index (χ4v) is 1.40. The molecule has 0 amide bonds. The summed E-state index contributed by atoms with van der Waals surface area (Å²) in [6.07, 6.45) is 2.13. The Hall–Kier alpha value is 0.608. The van der Waals surface area contributed by atoms with Gasteiger partial charge in [-0.25, -0.2) is 0 Å². The number of rotatable bonds is 2. The average Bonchev–Trinajstić information content (AvgIpc) is 1.95. The summed E-state index contributed by atoms with van der Waals surface area (Å²) >= 11 is 0. The van der Waals surface area contributed by atoms with Gasteiger partial charge in [-0.3, -0.25) is 6.42 Å². The van der Waals surface area contributed by atoms with Crippen molar-refractivity contribution in [3.63, 3.8) is 0 Å². The zero-order chi connectivity index (χ0) is 13.7. The van der Waals surface area contributed by atoms with E-state index in [0.717, 1.165) is 19.1 Å². The van der Waals surface area contributed by atoms with E-state index in [9.17, 15) is 0 Å². The van der Waals surface area contributed by atoms with Crippen LogP contribution in [0.25, 0.3) is 0 Å². The molecule has 0 radical (unpaired) electrons. The van der Waals surface area contributed by atoms with Gasteiger partial charge in [-0.05, 0) is 5.41 Å². The van der Waals surface area contributed by atoms with Crippen molar-refractivity contribution in [2.24, 2.45) is 16.7 Å². The molecule has 0 aliphatic carbocycles. The summed E-state index contributed by atoms with van der Waals surface area (Å²) in [6, 6.07) is 0. The van der Waals surface area contributed by atoms with Crippen LogP contribution < -0.4 is 0 Å². The average molecular weight is 426 g/mol. The van der Waals surface area contributed by atoms with Crippen LogP contribution >= 0.6 is 0 Å². The van der Waals surface area contributed by atoms with Gasteiger partial charge in [0.1, 0.15) is 0 Å². The molecule has 0 aromatic heterocycles. The van der Waals surface area contributed by atoms with E-state index in [2.05, 4.69) is 48.5 Å².